The number of carbonyl (C=O) groups excluding carboxylic acids is 1. The van der Waals surface area contributed by atoms with Crippen molar-refractivity contribution in [2.45, 2.75) is 39.8 Å². The first kappa shape index (κ1) is 20.2. The topological polar surface area (TPSA) is 71.3 Å². The summed E-state index contributed by atoms with van der Waals surface area (Å²) in [6, 6.07) is 10.2. The summed E-state index contributed by atoms with van der Waals surface area (Å²) in [5.41, 5.74) is 3.35. The molecule has 0 radical (unpaired) electrons. The summed E-state index contributed by atoms with van der Waals surface area (Å²) in [7, 11) is 0. The lowest BCUT2D eigenvalue weighted by atomic mass is 10.1. The molecular formula is C21H26N4O2S. The molecule has 148 valence electrons. The van der Waals surface area contributed by atoms with Crippen LogP contribution < -0.4 is 5.32 Å². The highest BCUT2D eigenvalue weighted by Crippen LogP contribution is 2.19. The van der Waals surface area contributed by atoms with Crippen LogP contribution in [0, 0.1) is 0 Å². The van der Waals surface area contributed by atoms with Gasteiger partial charge in [-0.3, -0.25) is 9.69 Å². The van der Waals surface area contributed by atoms with Gasteiger partial charge in [0.05, 0.1) is 0 Å². The molecule has 6 nitrogen and oxygen atoms in total. The number of thiophene rings is 1. The molecule has 2 heterocycles. The van der Waals surface area contributed by atoms with Crippen LogP contribution in [0.3, 0.4) is 0 Å². The minimum Gasteiger partial charge on any atom is -0.352 e. The molecule has 0 atom stereocenters. The Morgan fingerprint density at radius 2 is 1.96 bits per heavy atom. The van der Waals surface area contributed by atoms with Crippen molar-refractivity contribution in [1.82, 2.24) is 20.4 Å². The monoisotopic (exact) mass is 398 g/mol. The lowest BCUT2D eigenvalue weighted by Gasteiger charge is -2.20. The van der Waals surface area contributed by atoms with Crippen LogP contribution in [-0.4, -0.2) is 34.0 Å². The van der Waals surface area contributed by atoms with Crippen molar-refractivity contribution in [3.05, 3.63) is 58.1 Å². The van der Waals surface area contributed by atoms with Gasteiger partial charge in [-0.15, -0.1) is 0 Å². The first-order valence-corrected chi connectivity index (χ1v) is 10.5. The molecular weight excluding hydrogens is 372 g/mol. The van der Waals surface area contributed by atoms with E-state index in [4.69, 9.17) is 4.52 Å². The molecule has 0 aliphatic carbocycles. The predicted molar refractivity (Wildman–Crippen MR) is 111 cm³/mol. The number of nitrogens with zero attached hydrogens (tertiary/aromatic N) is 3. The Kier molecular flexibility index (Phi) is 7.33. The SMILES string of the molecule is CCN(CC)Cc1ccccc1CNC(=O)CCc1nc(-c2ccsc2)no1. The van der Waals surface area contributed by atoms with Gasteiger partial charge in [-0.05, 0) is 35.7 Å². The number of aryl methyl sites for hydroxylation is 1. The van der Waals surface area contributed by atoms with Crippen LogP contribution in [0.15, 0.2) is 45.6 Å². The maximum Gasteiger partial charge on any atom is 0.227 e. The number of aromatic nitrogens is 2. The Balaban J connectivity index is 1.50. The van der Waals surface area contributed by atoms with Gasteiger partial charge in [-0.2, -0.15) is 16.3 Å². The molecule has 0 saturated heterocycles. The predicted octanol–water partition coefficient (Wildman–Crippen LogP) is 3.89. The third kappa shape index (κ3) is 5.50. The first-order valence-electron chi connectivity index (χ1n) is 9.60. The van der Waals surface area contributed by atoms with Gasteiger partial charge in [0.2, 0.25) is 17.6 Å². The van der Waals surface area contributed by atoms with E-state index in [1.165, 1.54) is 5.56 Å². The quantitative estimate of drug-likeness (QED) is 0.561. The number of hydrogen-bond acceptors (Lipinski definition) is 6. The van der Waals surface area contributed by atoms with Gasteiger partial charge >= 0.3 is 0 Å². The van der Waals surface area contributed by atoms with Crippen molar-refractivity contribution < 1.29 is 9.32 Å². The minimum atomic E-state index is -0.0204. The summed E-state index contributed by atoms with van der Waals surface area (Å²) < 4.78 is 5.25. The number of hydrogen-bond donors (Lipinski definition) is 1. The van der Waals surface area contributed by atoms with Crippen molar-refractivity contribution in [1.29, 1.82) is 0 Å². The van der Waals surface area contributed by atoms with Gasteiger partial charge in [0, 0.05) is 36.9 Å². The molecule has 0 spiro atoms. The Morgan fingerprint density at radius 1 is 1.18 bits per heavy atom. The van der Waals surface area contributed by atoms with Crippen LogP contribution in [0.4, 0.5) is 0 Å². The highest BCUT2D eigenvalue weighted by atomic mass is 32.1. The van der Waals surface area contributed by atoms with E-state index in [-0.39, 0.29) is 5.91 Å². The third-order valence-corrected chi connectivity index (χ3v) is 5.38. The number of nitrogens with one attached hydrogen (secondary N) is 1. The molecule has 28 heavy (non-hydrogen) atoms. The zero-order valence-electron chi connectivity index (χ0n) is 16.4. The molecule has 0 fully saturated rings. The van der Waals surface area contributed by atoms with Crippen molar-refractivity contribution >= 4 is 17.2 Å². The molecule has 0 aliphatic heterocycles. The van der Waals surface area contributed by atoms with Crippen LogP contribution in [0.25, 0.3) is 11.4 Å². The second-order valence-electron chi connectivity index (χ2n) is 6.53. The lowest BCUT2D eigenvalue weighted by Crippen LogP contribution is -2.26. The van der Waals surface area contributed by atoms with Crippen LogP contribution >= 0.6 is 11.3 Å². The van der Waals surface area contributed by atoms with Crippen molar-refractivity contribution in [2.75, 3.05) is 13.1 Å². The summed E-state index contributed by atoms with van der Waals surface area (Å²) in [5, 5.41) is 10.9. The minimum absolute atomic E-state index is 0.0204. The number of amides is 1. The van der Waals surface area contributed by atoms with E-state index in [1.54, 1.807) is 11.3 Å². The fourth-order valence-corrected chi connectivity index (χ4v) is 3.57. The van der Waals surface area contributed by atoms with Crippen molar-refractivity contribution in [3.8, 4) is 11.4 Å². The maximum absolute atomic E-state index is 12.3. The molecule has 0 bridgehead atoms. The highest BCUT2D eigenvalue weighted by molar-refractivity contribution is 7.08. The Morgan fingerprint density at radius 3 is 2.68 bits per heavy atom. The Labute approximate surface area is 169 Å². The fourth-order valence-electron chi connectivity index (χ4n) is 2.94. The molecule has 3 aromatic rings. The van der Waals surface area contributed by atoms with Crippen LogP contribution in [0.1, 0.15) is 37.3 Å². The fraction of sp³-hybridized carbons (Fsp3) is 0.381. The normalized spacial score (nSPS) is 11.1. The molecule has 2 aromatic heterocycles. The second-order valence-corrected chi connectivity index (χ2v) is 7.31. The highest BCUT2D eigenvalue weighted by Gasteiger charge is 2.12. The molecule has 3 rings (SSSR count). The molecule has 1 N–H and O–H groups in total. The molecule has 7 heteroatoms. The molecule has 0 saturated carbocycles. The summed E-state index contributed by atoms with van der Waals surface area (Å²) in [4.78, 5) is 19.0. The van der Waals surface area contributed by atoms with Crippen LogP contribution in [0.2, 0.25) is 0 Å². The lowest BCUT2D eigenvalue weighted by molar-refractivity contribution is -0.121. The summed E-state index contributed by atoms with van der Waals surface area (Å²) in [6.45, 7) is 7.76. The van der Waals surface area contributed by atoms with Crippen molar-refractivity contribution in [2.24, 2.45) is 0 Å². The number of benzene rings is 1. The number of rotatable bonds is 10. The summed E-state index contributed by atoms with van der Waals surface area (Å²) in [5.74, 6) is 1.04. The van der Waals surface area contributed by atoms with Crippen LogP contribution in [0.5, 0.6) is 0 Å². The van der Waals surface area contributed by atoms with E-state index in [9.17, 15) is 4.79 Å². The van der Waals surface area contributed by atoms with Gasteiger partial charge in [-0.25, -0.2) is 0 Å². The smallest absolute Gasteiger partial charge is 0.227 e. The van der Waals surface area contributed by atoms with E-state index < -0.39 is 0 Å². The van der Waals surface area contributed by atoms with E-state index in [0.717, 1.165) is 30.8 Å². The average molecular weight is 399 g/mol. The van der Waals surface area contributed by atoms with E-state index >= 15 is 0 Å². The van der Waals surface area contributed by atoms with Crippen LogP contribution in [-0.2, 0) is 24.3 Å². The van der Waals surface area contributed by atoms with Gasteiger partial charge in [0.15, 0.2) is 0 Å². The zero-order valence-corrected chi connectivity index (χ0v) is 17.2. The first-order chi connectivity index (χ1) is 13.7. The zero-order chi connectivity index (χ0) is 19.8. The molecule has 1 aromatic carbocycles. The molecule has 0 unspecified atom stereocenters. The standard InChI is InChI=1S/C21H26N4O2S/c1-3-25(4-2)14-17-8-6-5-7-16(17)13-22-19(26)9-10-20-23-21(24-27-20)18-11-12-28-15-18/h5-8,11-12,15H,3-4,9-10,13-14H2,1-2H3,(H,22,26). The van der Waals surface area contributed by atoms with Gasteiger partial charge in [-0.1, -0.05) is 43.3 Å². The van der Waals surface area contributed by atoms with Crippen molar-refractivity contribution in [3.63, 3.8) is 0 Å². The van der Waals surface area contributed by atoms with Gasteiger partial charge < -0.3 is 9.84 Å². The average Bonchev–Trinajstić information content (AvgIpc) is 3.41. The molecule has 1 amide bonds. The Bertz CT molecular complexity index is 872. The van der Waals surface area contributed by atoms with Gasteiger partial charge in [0.25, 0.3) is 0 Å². The Hall–Kier alpha value is -2.51. The second kappa shape index (κ2) is 10.1. The van der Waals surface area contributed by atoms with E-state index in [2.05, 4.69) is 46.3 Å². The van der Waals surface area contributed by atoms with E-state index in [1.807, 2.05) is 29.0 Å². The largest absolute Gasteiger partial charge is 0.352 e. The summed E-state index contributed by atoms with van der Waals surface area (Å²) in [6.07, 6.45) is 0.757. The maximum atomic E-state index is 12.3. The van der Waals surface area contributed by atoms with Gasteiger partial charge in [0.1, 0.15) is 0 Å². The van der Waals surface area contributed by atoms with E-state index in [0.29, 0.717) is 31.1 Å². The molecule has 0 aliphatic rings. The number of carbonyl (C=O) groups is 1. The third-order valence-electron chi connectivity index (χ3n) is 4.70. The summed E-state index contributed by atoms with van der Waals surface area (Å²) >= 11 is 1.59.